The van der Waals surface area contributed by atoms with Gasteiger partial charge in [0.2, 0.25) is 0 Å². The van der Waals surface area contributed by atoms with Crippen molar-refractivity contribution < 1.29 is 9.53 Å². The minimum atomic E-state index is -0.252. The van der Waals surface area contributed by atoms with E-state index in [9.17, 15) is 4.79 Å². The summed E-state index contributed by atoms with van der Waals surface area (Å²) >= 11 is 0. The zero-order valence-corrected chi connectivity index (χ0v) is 15.8. The van der Waals surface area contributed by atoms with Crippen LogP contribution in [0.4, 0.5) is 5.69 Å². The summed E-state index contributed by atoms with van der Waals surface area (Å²) in [6.45, 7) is 17.8. The number of carbonyl (C=O) groups excluding carboxylic acids is 1. The zero-order chi connectivity index (χ0) is 17.7. The Morgan fingerprint density at radius 1 is 0.905 bits per heavy atom. The van der Waals surface area contributed by atoms with Crippen molar-refractivity contribution in [3.05, 3.63) is 29.8 Å². The number of nitrogens with one attached hydrogen (secondary N) is 1. The quantitative estimate of drug-likeness (QED) is 0.706. The Balaban J connectivity index is -0.000000156. The van der Waals surface area contributed by atoms with Gasteiger partial charge in [0.1, 0.15) is 6.61 Å². The first kappa shape index (κ1) is 27.8. The van der Waals surface area contributed by atoms with Crippen LogP contribution in [0.5, 0.6) is 0 Å². The van der Waals surface area contributed by atoms with Gasteiger partial charge in [0, 0.05) is 19.7 Å². The molecule has 0 atom stereocenters. The van der Waals surface area contributed by atoms with Gasteiger partial charge in [-0.3, -0.25) is 4.79 Å². The minimum absolute atomic E-state index is 0.252. The lowest BCUT2D eigenvalue weighted by atomic mass is 10.2. The predicted octanol–water partition coefficient (Wildman–Crippen LogP) is 5.90. The summed E-state index contributed by atoms with van der Waals surface area (Å²) in [6.07, 6.45) is 0. The van der Waals surface area contributed by atoms with Crippen molar-refractivity contribution in [2.24, 2.45) is 0 Å². The fourth-order valence-electron chi connectivity index (χ4n) is 0.953. The number of carbonyl (C=O) groups is 1. The molecule has 0 aromatic heterocycles. The molecule has 0 aliphatic carbocycles. The molecule has 1 aromatic rings. The van der Waals surface area contributed by atoms with Crippen LogP contribution in [-0.2, 0) is 16.1 Å². The highest BCUT2D eigenvalue weighted by Gasteiger charge is 1.95. The van der Waals surface area contributed by atoms with Crippen LogP contribution in [0.1, 0.15) is 67.9 Å². The molecule has 0 radical (unpaired) electrons. The van der Waals surface area contributed by atoms with Crippen molar-refractivity contribution in [2.75, 3.05) is 12.4 Å². The molecule has 21 heavy (non-hydrogen) atoms. The van der Waals surface area contributed by atoms with E-state index in [0.29, 0.717) is 6.61 Å². The Bertz CT molecular complexity index is 282. The number of ether oxygens (including phenoxy) is 1. The van der Waals surface area contributed by atoms with Crippen LogP contribution in [0.15, 0.2) is 24.3 Å². The van der Waals surface area contributed by atoms with Gasteiger partial charge >= 0.3 is 5.97 Å². The summed E-state index contributed by atoms with van der Waals surface area (Å²) in [7, 11) is 1.86. The molecule has 0 amide bonds. The van der Waals surface area contributed by atoms with Gasteiger partial charge in [-0.15, -0.1) is 0 Å². The summed E-state index contributed by atoms with van der Waals surface area (Å²) < 4.78 is 4.84. The molecule has 0 saturated heterocycles. The van der Waals surface area contributed by atoms with Crippen LogP contribution in [0.2, 0.25) is 0 Å². The van der Waals surface area contributed by atoms with Gasteiger partial charge in [-0.05, 0) is 17.7 Å². The first-order valence-corrected chi connectivity index (χ1v) is 8.12. The molecule has 3 nitrogen and oxygen atoms in total. The smallest absolute Gasteiger partial charge is 0.302 e. The second-order valence-corrected chi connectivity index (χ2v) is 2.73. The van der Waals surface area contributed by atoms with Crippen molar-refractivity contribution >= 4 is 11.7 Å². The lowest BCUT2D eigenvalue weighted by Crippen LogP contribution is -1.98. The fourth-order valence-corrected chi connectivity index (χ4v) is 0.953. The van der Waals surface area contributed by atoms with Crippen LogP contribution < -0.4 is 5.32 Å². The van der Waals surface area contributed by atoms with Crippen molar-refractivity contribution in [1.29, 1.82) is 0 Å². The standard InChI is InChI=1S/C10H13NO2.4C2H6/c1-8(12)13-7-9-3-5-10(11-2)6-4-9;4*1-2/h3-6,11H,7H2,1-2H3;4*1-2H3. The lowest BCUT2D eigenvalue weighted by molar-refractivity contribution is -0.142. The van der Waals surface area contributed by atoms with Crippen LogP contribution >= 0.6 is 0 Å². The normalized spacial score (nSPS) is 6.95. The molecule has 3 heteroatoms. The van der Waals surface area contributed by atoms with E-state index in [1.807, 2.05) is 86.7 Å². The monoisotopic (exact) mass is 299 g/mol. The number of hydrogen-bond acceptors (Lipinski definition) is 3. The molecule has 0 aliphatic heterocycles. The molecule has 1 N–H and O–H groups in total. The van der Waals surface area contributed by atoms with Crippen LogP contribution in [0.25, 0.3) is 0 Å². The molecule has 0 spiro atoms. The van der Waals surface area contributed by atoms with Crippen molar-refractivity contribution in [3.8, 4) is 0 Å². The van der Waals surface area contributed by atoms with E-state index >= 15 is 0 Å². The maximum Gasteiger partial charge on any atom is 0.302 e. The van der Waals surface area contributed by atoms with E-state index in [0.717, 1.165) is 11.3 Å². The molecule has 0 unspecified atom stereocenters. The average molecular weight is 299 g/mol. The Labute approximate surface area is 133 Å². The molecule has 0 bridgehead atoms. The SMILES string of the molecule is CC.CC.CC.CC.CNc1ccc(COC(C)=O)cc1. The van der Waals surface area contributed by atoms with Gasteiger partial charge in [-0.1, -0.05) is 67.5 Å². The number of hydrogen-bond donors (Lipinski definition) is 1. The highest BCUT2D eigenvalue weighted by atomic mass is 16.5. The third kappa shape index (κ3) is 21.0. The summed E-state index contributed by atoms with van der Waals surface area (Å²) in [6, 6.07) is 7.74. The largest absolute Gasteiger partial charge is 0.461 e. The van der Waals surface area contributed by atoms with Crippen LogP contribution in [0.3, 0.4) is 0 Å². The van der Waals surface area contributed by atoms with Crippen molar-refractivity contribution in [2.45, 2.75) is 68.9 Å². The van der Waals surface area contributed by atoms with Gasteiger partial charge in [0.15, 0.2) is 0 Å². The van der Waals surface area contributed by atoms with Crippen molar-refractivity contribution in [1.82, 2.24) is 0 Å². The molecule has 1 aromatic carbocycles. The second kappa shape index (κ2) is 26.9. The van der Waals surface area contributed by atoms with E-state index in [-0.39, 0.29) is 5.97 Å². The average Bonchev–Trinajstić information content (AvgIpc) is 2.60. The molecule has 126 valence electrons. The Hall–Kier alpha value is -1.51. The highest BCUT2D eigenvalue weighted by Crippen LogP contribution is 2.09. The molecule has 1 rings (SSSR count). The van der Waals surface area contributed by atoms with Gasteiger partial charge in [0.25, 0.3) is 0 Å². The number of benzene rings is 1. The predicted molar refractivity (Wildman–Crippen MR) is 96.9 cm³/mol. The van der Waals surface area contributed by atoms with E-state index in [1.165, 1.54) is 6.92 Å². The summed E-state index contributed by atoms with van der Waals surface area (Å²) in [5, 5.41) is 3.01. The first-order chi connectivity index (χ1) is 10.2. The van der Waals surface area contributed by atoms with E-state index < -0.39 is 0 Å². The molecule has 0 saturated carbocycles. The van der Waals surface area contributed by atoms with Gasteiger partial charge in [-0.25, -0.2) is 0 Å². The third-order valence-corrected chi connectivity index (χ3v) is 1.68. The fraction of sp³-hybridized carbons (Fsp3) is 0.611. The van der Waals surface area contributed by atoms with Crippen molar-refractivity contribution in [3.63, 3.8) is 0 Å². The van der Waals surface area contributed by atoms with E-state index in [4.69, 9.17) is 4.74 Å². The topological polar surface area (TPSA) is 38.3 Å². The lowest BCUT2D eigenvalue weighted by Gasteiger charge is -2.03. The van der Waals surface area contributed by atoms with Gasteiger partial charge in [-0.2, -0.15) is 0 Å². The van der Waals surface area contributed by atoms with Gasteiger partial charge in [0.05, 0.1) is 0 Å². The molecule has 0 aliphatic rings. The third-order valence-electron chi connectivity index (χ3n) is 1.68. The summed E-state index contributed by atoms with van der Waals surface area (Å²) in [5.74, 6) is -0.252. The van der Waals surface area contributed by atoms with E-state index in [2.05, 4.69) is 5.32 Å². The van der Waals surface area contributed by atoms with Gasteiger partial charge < -0.3 is 10.1 Å². The maximum atomic E-state index is 10.5. The highest BCUT2D eigenvalue weighted by molar-refractivity contribution is 5.65. The maximum absolute atomic E-state index is 10.5. The first-order valence-electron chi connectivity index (χ1n) is 8.12. The Morgan fingerprint density at radius 3 is 1.57 bits per heavy atom. The number of rotatable bonds is 3. The van der Waals surface area contributed by atoms with E-state index in [1.54, 1.807) is 0 Å². The van der Waals surface area contributed by atoms with Crippen LogP contribution in [0, 0.1) is 0 Å². The summed E-state index contributed by atoms with van der Waals surface area (Å²) in [4.78, 5) is 10.5. The summed E-state index contributed by atoms with van der Waals surface area (Å²) in [5.41, 5.74) is 2.04. The molecular formula is C18H37NO2. The molecule has 0 heterocycles. The number of esters is 1. The number of anilines is 1. The Morgan fingerprint density at radius 2 is 1.29 bits per heavy atom. The Kier molecular flexibility index (Phi) is 35.6. The molecular weight excluding hydrogens is 262 g/mol. The minimum Gasteiger partial charge on any atom is -0.461 e. The molecule has 0 fully saturated rings. The van der Waals surface area contributed by atoms with Crippen LogP contribution in [-0.4, -0.2) is 13.0 Å². The zero-order valence-electron chi connectivity index (χ0n) is 15.8. The second-order valence-electron chi connectivity index (χ2n) is 2.73.